The predicted octanol–water partition coefficient (Wildman–Crippen LogP) is 5.66. The molecule has 4 aromatic rings. The van der Waals surface area contributed by atoms with Crippen molar-refractivity contribution in [2.75, 3.05) is 10.7 Å². The van der Waals surface area contributed by atoms with Gasteiger partial charge in [-0.05, 0) is 36.4 Å². The van der Waals surface area contributed by atoms with Gasteiger partial charge in [-0.25, -0.2) is 4.68 Å². The second-order valence-electron chi connectivity index (χ2n) is 7.20. The highest BCUT2D eigenvalue weighted by Crippen LogP contribution is 2.27. The Morgan fingerprint density at radius 3 is 2.27 bits per heavy atom. The lowest BCUT2D eigenvalue weighted by molar-refractivity contribution is -0.115. The fourth-order valence-electron chi connectivity index (χ4n) is 3.43. The van der Waals surface area contributed by atoms with Crippen LogP contribution in [0.15, 0.2) is 101 Å². The highest BCUT2D eigenvalue weighted by atomic mass is 35.5. The number of thioether (sulfide) groups is 1. The van der Waals surface area contributed by atoms with Gasteiger partial charge in [-0.2, -0.15) is 10.2 Å². The minimum absolute atomic E-state index is 0.0149. The lowest BCUT2D eigenvalue weighted by Crippen LogP contribution is -2.28. The van der Waals surface area contributed by atoms with Gasteiger partial charge < -0.3 is 0 Å². The molecule has 162 valence electrons. The average molecular weight is 472 g/mol. The quantitative estimate of drug-likeness (QED) is 0.278. The van der Waals surface area contributed by atoms with E-state index in [0.29, 0.717) is 15.9 Å². The maximum Gasteiger partial charge on any atom is 0.243 e. The van der Waals surface area contributed by atoms with E-state index in [0.717, 1.165) is 28.2 Å². The van der Waals surface area contributed by atoms with Gasteiger partial charge in [-0.15, -0.1) is 5.10 Å². The largest absolute Gasteiger partial charge is 0.273 e. The Balaban J connectivity index is 1.50. The second kappa shape index (κ2) is 9.44. The monoisotopic (exact) mass is 471 g/mol. The highest BCUT2D eigenvalue weighted by Gasteiger charge is 2.29. The zero-order chi connectivity index (χ0) is 22.6. The number of nitrogens with zero attached hydrogens (tertiary/aromatic N) is 5. The van der Waals surface area contributed by atoms with Crippen LogP contribution >= 0.6 is 23.4 Å². The second-order valence-corrected chi connectivity index (χ2v) is 8.58. The molecular weight excluding hydrogens is 454 g/mol. The van der Waals surface area contributed by atoms with E-state index >= 15 is 0 Å². The maximum absolute atomic E-state index is 12.4. The number of amidine groups is 1. The van der Waals surface area contributed by atoms with Crippen LogP contribution in [0.2, 0.25) is 5.02 Å². The average Bonchev–Trinajstić information content (AvgIpc) is 3.44. The number of carbonyl (C=O) groups is 1. The number of amides is 1. The Morgan fingerprint density at radius 2 is 1.58 bits per heavy atom. The minimum atomic E-state index is -0.0149. The van der Waals surface area contributed by atoms with Gasteiger partial charge in [0.15, 0.2) is 5.17 Å². The number of halogens is 1. The standard InChI is InChI=1S/C25H18ClN5OS/c26-20-13-11-18(12-14-20)24-19(16-30(29-24)21-7-3-1-4-8-21)15-27-28-25-31(23(32)17-33-25)22-9-5-2-6-10-22/h1-16H,17H2/b27-15-,28-25-. The van der Waals surface area contributed by atoms with Gasteiger partial charge in [-0.1, -0.05) is 71.9 Å². The molecular formula is C25H18ClN5OS. The first-order chi connectivity index (χ1) is 16.2. The Bertz CT molecular complexity index is 1330. The van der Waals surface area contributed by atoms with Gasteiger partial charge in [0.05, 0.1) is 23.3 Å². The van der Waals surface area contributed by atoms with Crippen molar-refractivity contribution in [3.8, 4) is 16.9 Å². The molecule has 1 saturated heterocycles. The predicted molar refractivity (Wildman–Crippen MR) is 135 cm³/mol. The Morgan fingerprint density at radius 1 is 0.909 bits per heavy atom. The van der Waals surface area contributed by atoms with Gasteiger partial charge in [0.25, 0.3) is 0 Å². The molecule has 3 aromatic carbocycles. The summed E-state index contributed by atoms with van der Waals surface area (Å²) in [5, 5.41) is 14.6. The topological polar surface area (TPSA) is 62.9 Å². The summed E-state index contributed by atoms with van der Waals surface area (Å²) < 4.78 is 1.81. The summed E-state index contributed by atoms with van der Waals surface area (Å²) >= 11 is 7.44. The SMILES string of the molecule is O=C1CS/C(=N\N=C/c2cn(-c3ccccc3)nc2-c2ccc(Cl)cc2)N1c1ccccc1. The van der Waals surface area contributed by atoms with Crippen LogP contribution in [0, 0.1) is 0 Å². The molecule has 0 radical (unpaired) electrons. The molecule has 2 heterocycles. The normalized spacial score (nSPS) is 15.1. The molecule has 8 heteroatoms. The summed E-state index contributed by atoms with van der Waals surface area (Å²) in [7, 11) is 0. The van der Waals surface area contributed by atoms with Crippen molar-refractivity contribution in [3.63, 3.8) is 0 Å². The number of hydrogen-bond acceptors (Lipinski definition) is 5. The van der Waals surface area contributed by atoms with Gasteiger partial charge >= 0.3 is 0 Å². The van der Waals surface area contributed by atoms with E-state index in [4.69, 9.17) is 16.7 Å². The lowest BCUT2D eigenvalue weighted by Gasteiger charge is -2.14. The van der Waals surface area contributed by atoms with Crippen molar-refractivity contribution in [1.29, 1.82) is 0 Å². The summed E-state index contributed by atoms with van der Waals surface area (Å²) in [4.78, 5) is 14.0. The van der Waals surface area contributed by atoms with Crippen LogP contribution in [0.1, 0.15) is 5.56 Å². The van der Waals surface area contributed by atoms with Crippen LogP contribution in [0.4, 0.5) is 5.69 Å². The van der Waals surface area contributed by atoms with Crippen molar-refractivity contribution < 1.29 is 4.79 Å². The van der Waals surface area contributed by atoms with Crippen LogP contribution in [0.3, 0.4) is 0 Å². The summed E-state index contributed by atoms with van der Waals surface area (Å²) in [6, 6.07) is 26.8. The molecule has 1 amide bonds. The molecule has 1 aliphatic rings. The van der Waals surface area contributed by atoms with E-state index in [1.165, 1.54) is 11.8 Å². The molecule has 6 nitrogen and oxygen atoms in total. The molecule has 1 aromatic heterocycles. The van der Waals surface area contributed by atoms with Crippen molar-refractivity contribution in [3.05, 3.63) is 102 Å². The first-order valence-electron chi connectivity index (χ1n) is 10.2. The molecule has 1 fully saturated rings. The van der Waals surface area contributed by atoms with Gasteiger partial charge in [0, 0.05) is 22.3 Å². The fraction of sp³-hybridized carbons (Fsp3) is 0.0400. The molecule has 1 aliphatic heterocycles. The van der Waals surface area contributed by atoms with Crippen molar-refractivity contribution in [2.45, 2.75) is 0 Å². The van der Waals surface area contributed by atoms with E-state index in [2.05, 4.69) is 10.2 Å². The Kier molecular flexibility index (Phi) is 6.06. The zero-order valence-corrected chi connectivity index (χ0v) is 18.9. The Labute approximate surface area is 200 Å². The lowest BCUT2D eigenvalue weighted by atomic mass is 10.1. The van der Waals surface area contributed by atoms with Gasteiger partial charge in [0.1, 0.15) is 5.69 Å². The van der Waals surface area contributed by atoms with Gasteiger partial charge in [-0.3, -0.25) is 9.69 Å². The minimum Gasteiger partial charge on any atom is -0.273 e. The third-order valence-electron chi connectivity index (χ3n) is 5.00. The van der Waals surface area contributed by atoms with Crippen LogP contribution in [0.5, 0.6) is 0 Å². The smallest absolute Gasteiger partial charge is 0.243 e. The number of benzene rings is 3. The van der Waals surface area contributed by atoms with Gasteiger partial charge in [0.2, 0.25) is 5.91 Å². The number of para-hydroxylation sites is 2. The third kappa shape index (κ3) is 4.60. The first-order valence-corrected chi connectivity index (χ1v) is 11.6. The number of hydrogen-bond donors (Lipinski definition) is 0. The summed E-state index contributed by atoms with van der Waals surface area (Å²) in [5.74, 6) is 0.324. The molecule has 0 atom stereocenters. The van der Waals surface area contributed by atoms with E-state index in [-0.39, 0.29) is 5.91 Å². The van der Waals surface area contributed by atoms with Crippen molar-refractivity contribution >= 4 is 46.3 Å². The maximum atomic E-state index is 12.4. The molecule has 0 spiro atoms. The molecule has 33 heavy (non-hydrogen) atoms. The van der Waals surface area contributed by atoms with E-state index in [1.54, 1.807) is 11.1 Å². The Hall–Kier alpha value is -3.68. The molecule has 5 rings (SSSR count). The zero-order valence-electron chi connectivity index (χ0n) is 17.4. The first kappa shape index (κ1) is 21.2. The highest BCUT2D eigenvalue weighted by molar-refractivity contribution is 8.15. The third-order valence-corrected chi connectivity index (χ3v) is 6.17. The molecule has 0 aliphatic carbocycles. The number of anilines is 1. The molecule has 0 unspecified atom stereocenters. The molecule has 0 N–H and O–H groups in total. The number of rotatable bonds is 5. The van der Waals surface area contributed by atoms with E-state index in [9.17, 15) is 4.79 Å². The number of carbonyl (C=O) groups excluding carboxylic acids is 1. The van der Waals surface area contributed by atoms with Crippen molar-refractivity contribution in [2.24, 2.45) is 10.2 Å². The van der Waals surface area contributed by atoms with E-state index < -0.39 is 0 Å². The summed E-state index contributed by atoms with van der Waals surface area (Å²) in [6.07, 6.45) is 3.57. The van der Waals surface area contributed by atoms with Crippen LogP contribution in [-0.4, -0.2) is 32.8 Å². The molecule has 0 bridgehead atoms. The van der Waals surface area contributed by atoms with Crippen LogP contribution in [0.25, 0.3) is 16.9 Å². The fourth-order valence-corrected chi connectivity index (χ4v) is 4.38. The van der Waals surface area contributed by atoms with Crippen LogP contribution < -0.4 is 4.90 Å². The van der Waals surface area contributed by atoms with Crippen molar-refractivity contribution in [1.82, 2.24) is 9.78 Å². The summed E-state index contributed by atoms with van der Waals surface area (Å²) in [5.41, 5.74) is 4.19. The van der Waals surface area contributed by atoms with Crippen LogP contribution in [-0.2, 0) is 4.79 Å². The molecule has 0 saturated carbocycles. The summed E-state index contributed by atoms with van der Waals surface area (Å²) in [6.45, 7) is 0. The number of aromatic nitrogens is 2. The van der Waals surface area contributed by atoms with E-state index in [1.807, 2.05) is 95.8 Å².